The van der Waals surface area contributed by atoms with Crippen LogP contribution in [0.15, 0.2) is 34.4 Å². The number of methoxy groups -OCH3 is 1. The maximum atomic E-state index is 12.8. The number of allylic oxidation sites excluding steroid dienone is 1. The first-order valence-electron chi connectivity index (χ1n) is 8.40. The van der Waals surface area contributed by atoms with Crippen molar-refractivity contribution in [1.29, 1.82) is 0 Å². The number of hydrazone groups is 1. The van der Waals surface area contributed by atoms with Gasteiger partial charge in [0.2, 0.25) is 0 Å². The minimum atomic E-state index is -0.131. The SMILES string of the molecule is CCCCN1N=C(C(C)(C)C)S/C1=C\C(=O)c1cc(Cl)ccc1OC. The van der Waals surface area contributed by atoms with E-state index in [1.54, 1.807) is 43.1 Å². The summed E-state index contributed by atoms with van der Waals surface area (Å²) in [6.07, 6.45) is 3.73. The lowest BCUT2D eigenvalue weighted by atomic mass is 9.99. The quantitative estimate of drug-likeness (QED) is 0.477. The lowest BCUT2D eigenvalue weighted by Gasteiger charge is -2.15. The van der Waals surface area contributed by atoms with Crippen LogP contribution in [0.3, 0.4) is 0 Å². The molecule has 0 amide bonds. The van der Waals surface area contributed by atoms with E-state index in [1.165, 1.54) is 0 Å². The second-order valence-electron chi connectivity index (χ2n) is 6.93. The van der Waals surface area contributed by atoms with E-state index in [-0.39, 0.29) is 11.2 Å². The predicted molar refractivity (Wildman–Crippen MR) is 107 cm³/mol. The van der Waals surface area contributed by atoms with Gasteiger partial charge in [-0.05, 0) is 24.6 Å². The van der Waals surface area contributed by atoms with Crippen molar-refractivity contribution in [2.24, 2.45) is 10.5 Å². The topological polar surface area (TPSA) is 41.9 Å². The maximum Gasteiger partial charge on any atom is 0.192 e. The number of benzene rings is 1. The van der Waals surface area contributed by atoms with Gasteiger partial charge in [0.1, 0.15) is 15.8 Å². The molecular formula is C19H25ClN2O2S. The standard InChI is InChI=1S/C19H25ClN2O2S/c1-6-7-10-22-17(25-18(21-22)19(2,3)4)12-15(23)14-11-13(20)8-9-16(14)24-5/h8-9,11-12H,6-7,10H2,1-5H3/b17-12-. The van der Waals surface area contributed by atoms with Gasteiger partial charge in [0, 0.05) is 23.1 Å². The van der Waals surface area contributed by atoms with Crippen LogP contribution < -0.4 is 4.74 Å². The fraction of sp³-hybridized carbons (Fsp3) is 0.474. The van der Waals surface area contributed by atoms with Crippen LogP contribution in [0.1, 0.15) is 50.9 Å². The van der Waals surface area contributed by atoms with E-state index >= 15 is 0 Å². The van der Waals surface area contributed by atoms with Crippen LogP contribution in [0, 0.1) is 5.41 Å². The van der Waals surface area contributed by atoms with Crippen molar-refractivity contribution in [3.8, 4) is 5.75 Å². The van der Waals surface area contributed by atoms with Gasteiger partial charge in [0.05, 0.1) is 12.7 Å². The number of rotatable bonds is 6. The average molecular weight is 381 g/mol. The second-order valence-corrected chi connectivity index (χ2v) is 8.37. The highest BCUT2D eigenvalue weighted by atomic mass is 35.5. The Kier molecular flexibility index (Phi) is 6.58. The van der Waals surface area contributed by atoms with Gasteiger partial charge in [-0.1, -0.05) is 57.5 Å². The number of nitrogens with zero attached hydrogens (tertiary/aromatic N) is 2. The normalized spacial score (nSPS) is 16.3. The van der Waals surface area contributed by atoms with Gasteiger partial charge in [0.25, 0.3) is 0 Å². The Bertz CT molecular complexity index is 708. The Hall–Kier alpha value is -1.46. The van der Waals surface area contributed by atoms with Crippen molar-refractivity contribution in [1.82, 2.24) is 5.01 Å². The zero-order valence-electron chi connectivity index (χ0n) is 15.4. The molecule has 0 N–H and O–H groups in total. The van der Waals surface area contributed by atoms with Crippen LogP contribution in [0.2, 0.25) is 5.02 Å². The summed E-state index contributed by atoms with van der Waals surface area (Å²) in [7, 11) is 1.55. The number of halogens is 1. The molecule has 1 aromatic rings. The van der Waals surface area contributed by atoms with Crippen LogP contribution in [0.25, 0.3) is 0 Å². The van der Waals surface area contributed by atoms with Crippen molar-refractivity contribution < 1.29 is 9.53 Å². The van der Waals surface area contributed by atoms with Crippen molar-refractivity contribution in [2.45, 2.75) is 40.5 Å². The number of hydrogen-bond donors (Lipinski definition) is 0. The predicted octanol–water partition coefficient (Wildman–Crippen LogP) is 5.58. The van der Waals surface area contributed by atoms with Gasteiger partial charge in [-0.3, -0.25) is 9.80 Å². The maximum absolute atomic E-state index is 12.8. The third-order valence-electron chi connectivity index (χ3n) is 3.71. The molecule has 0 aromatic heterocycles. The van der Waals surface area contributed by atoms with E-state index in [2.05, 4.69) is 27.7 Å². The van der Waals surface area contributed by atoms with Crippen LogP contribution in [-0.4, -0.2) is 29.5 Å². The highest BCUT2D eigenvalue weighted by Gasteiger charge is 2.30. The highest BCUT2D eigenvalue weighted by Crippen LogP contribution is 2.38. The van der Waals surface area contributed by atoms with Gasteiger partial charge in [0.15, 0.2) is 5.78 Å². The molecule has 0 saturated carbocycles. The van der Waals surface area contributed by atoms with Gasteiger partial charge in [-0.2, -0.15) is 5.10 Å². The number of carbonyl (C=O) groups excluding carboxylic acids is 1. The van der Waals surface area contributed by atoms with Crippen molar-refractivity contribution in [3.63, 3.8) is 0 Å². The molecule has 0 unspecified atom stereocenters. The molecule has 0 saturated heterocycles. The molecule has 0 bridgehead atoms. The molecule has 1 aromatic carbocycles. The Balaban J connectivity index is 2.32. The van der Waals surface area contributed by atoms with Gasteiger partial charge in [-0.15, -0.1) is 0 Å². The van der Waals surface area contributed by atoms with E-state index in [0.717, 1.165) is 29.5 Å². The molecular weight excluding hydrogens is 356 g/mol. The molecule has 1 aliphatic heterocycles. The fourth-order valence-corrected chi connectivity index (χ4v) is 3.49. The summed E-state index contributed by atoms with van der Waals surface area (Å²) >= 11 is 7.61. The van der Waals surface area contributed by atoms with Crippen LogP contribution in [0.4, 0.5) is 0 Å². The summed E-state index contributed by atoms with van der Waals surface area (Å²) in [6.45, 7) is 9.32. The summed E-state index contributed by atoms with van der Waals surface area (Å²) in [4.78, 5) is 12.8. The first-order chi connectivity index (χ1) is 11.8. The third kappa shape index (κ3) is 5.02. The van der Waals surface area contributed by atoms with Crippen LogP contribution >= 0.6 is 23.4 Å². The van der Waals surface area contributed by atoms with Crippen molar-refractivity contribution in [2.75, 3.05) is 13.7 Å². The van der Waals surface area contributed by atoms with Gasteiger partial charge >= 0.3 is 0 Å². The number of ketones is 1. The smallest absolute Gasteiger partial charge is 0.192 e. The molecule has 1 aliphatic rings. The number of hydrogen-bond acceptors (Lipinski definition) is 5. The van der Waals surface area contributed by atoms with Crippen molar-refractivity contribution in [3.05, 3.63) is 39.9 Å². The number of carbonyl (C=O) groups is 1. The van der Waals surface area contributed by atoms with Gasteiger partial charge < -0.3 is 4.74 Å². The zero-order chi connectivity index (χ0) is 18.6. The van der Waals surface area contributed by atoms with Crippen LogP contribution in [-0.2, 0) is 0 Å². The average Bonchev–Trinajstić information content (AvgIpc) is 2.95. The van der Waals surface area contributed by atoms with Crippen molar-refractivity contribution >= 4 is 34.2 Å². The van der Waals surface area contributed by atoms with Gasteiger partial charge in [-0.25, -0.2) is 0 Å². The first-order valence-corrected chi connectivity index (χ1v) is 9.59. The molecule has 0 spiro atoms. The minimum absolute atomic E-state index is 0.0541. The second kappa shape index (κ2) is 8.28. The Morgan fingerprint density at radius 2 is 2.12 bits per heavy atom. The van der Waals surface area contributed by atoms with E-state index in [0.29, 0.717) is 16.3 Å². The molecule has 6 heteroatoms. The lowest BCUT2D eigenvalue weighted by Crippen LogP contribution is -2.16. The fourth-order valence-electron chi connectivity index (χ4n) is 2.27. The summed E-state index contributed by atoms with van der Waals surface area (Å²) in [6, 6.07) is 5.06. The number of ether oxygens (including phenoxy) is 1. The summed E-state index contributed by atoms with van der Waals surface area (Å²) in [5.74, 6) is 0.389. The zero-order valence-corrected chi connectivity index (χ0v) is 17.0. The molecule has 25 heavy (non-hydrogen) atoms. The summed E-state index contributed by atoms with van der Waals surface area (Å²) < 4.78 is 5.30. The third-order valence-corrected chi connectivity index (χ3v) is 5.37. The monoisotopic (exact) mass is 380 g/mol. The van der Waals surface area contributed by atoms with E-state index in [9.17, 15) is 4.79 Å². The molecule has 4 nitrogen and oxygen atoms in total. The number of unbranched alkanes of at least 4 members (excludes halogenated alkanes) is 1. The molecule has 0 atom stereocenters. The molecule has 1 heterocycles. The Labute approximate surface area is 159 Å². The van der Waals surface area contributed by atoms with E-state index in [4.69, 9.17) is 21.4 Å². The first kappa shape index (κ1) is 19.9. The molecule has 136 valence electrons. The number of thioether (sulfide) groups is 1. The highest BCUT2D eigenvalue weighted by molar-refractivity contribution is 8.17. The minimum Gasteiger partial charge on any atom is -0.496 e. The van der Waals surface area contributed by atoms with Crippen LogP contribution in [0.5, 0.6) is 5.75 Å². The summed E-state index contributed by atoms with van der Waals surface area (Å²) in [5, 5.41) is 9.03. The van der Waals surface area contributed by atoms with E-state index in [1.807, 2.05) is 5.01 Å². The van der Waals surface area contributed by atoms with E-state index < -0.39 is 0 Å². The molecule has 0 fully saturated rings. The molecule has 0 aliphatic carbocycles. The lowest BCUT2D eigenvalue weighted by molar-refractivity contribution is 0.104. The Morgan fingerprint density at radius 1 is 1.40 bits per heavy atom. The molecule has 2 rings (SSSR count). The largest absolute Gasteiger partial charge is 0.496 e. The Morgan fingerprint density at radius 3 is 2.72 bits per heavy atom. The molecule has 0 radical (unpaired) electrons. The summed E-state index contributed by atoms with van der Waals surface area (Å²) in [5.41, 5.74) is 0.407.